The number of benzene rings is 4. The Hall–Kier alpha value is -4.92. The number of thioether (sulfide) groups is 2. The minimum Gasteiger partial charge on any atom is -0.333 e. The van der Waals surface area contributed by atoms with E-state index in [-0.39, 0.29) is 10.3 Å². The van der Waals surface area contributed by atoms with Gasteiger partial charge in [-0.3, -0.25) is 31.3 Å². The summed E-state index contributed by atoms with van der Waals surface area (Å²) >= 11 is 13.5. The normalized spacial score (nSPS) is 11.3. The van der Waals surface area contributed by atoms with Gasteiger partial charge in [0, 0.05) is 10.0 Å². The molecule has 2 aromatic heterocycles. The Labute approximate surface area is 303 Å². The van der Waals surface area contributed by atoms with Crippen LogP contribution >= 0.6 is 46.7 Å². The van der Waals surface area contributed by atoms with E-state index in [1.807, 2.05) is 0 Å². The average molecular weight is 808 g/mol. The van der Waals surface area contributed by atoms with Gasteiger partial charge in [-0.15, -0.1) is 0 Å². The number of carbonyl (C=O) groups excluding carboxylic acids is 2. The molecule has 6 rings (SSSR count). The van der Waals surface area contributed by atoms with Gasteiger partial charge in [0.25, 0.3) is 0 Å². The SMILES string of the molecule is O=C(CSc1nc2ccc(Cl)cc2[nH]1)NNc1c(F)c(F)c(-c2c(F)c(F)c(NNC(=O)CSc3nc4ccc(Cl)cc4[nH]3)c(F)c2F)c(F)c1F. The molecule has 6 N–H and O–H groups in total. The van der Waals surface area contributed by atoms with E-state index in [4.69, 9.17) is 23.2 Å². The maximum Gasteiger partial charge on any atom is 0.248 e. The Morgan fingerprint density at radius 1 is 0.577 bits per heavy atom. The summed E-state index contributed by atoms with van der Waals surface area (Å²) in [5.41, 5.74) is 1.45. The summed E-state index contributed by atoms with van der Waals surface area (Å²) in [6.07, 6.45) is 0. The van der Waals surface area contributed by atoms with Gasteiger partial charge >= 0.3 is 0 Å². The maximum absolute atomic E-state index is 15.1. The zero-order valence-electron chi connectivity index (χ0n) is 25.2. The number of aromatic nitrogens is 4. The van der Waals surface area contributed by atoms with Crippen LogP contribution in [-0.2, 0) is 9.59 Å². The Balaban J connectivity index is 1.14. The molecule has 10 nitrogen and oxygen atoms in total. The third-order valence-corrected chi connectivity index (χ3v) is 9.17. The second-order valence-corrected chi connectivity index (χ2v) is 13.1. The van der Waals surface area contributed by atoms with Gasteiger partial charge in [-0.05, 0) is 36.4 Å². The molecule has 22 heteroatoms. The molecule has 52 heavy (non-hydrogen) atoms. The molecule has 2 amide bonds. The van der Waals surface area contributed by atoms with Crippen molar-refractivity contribution in [1.29, 1.82) is 0 Å². The van der Waals surface area contributed by atoms with Gasteiger partial charge in [-0.25, -0.2) is 45.1 Å². The molecule has 0 aliphatic heterocycles. The first-order valence-electron chi connectivity index (χ1n) is 14.1. The number of rotatable bonds is 11. The van der Waals surface area contributed by atoms with Crippen molar-refractivity contribution in [2.24, 2.45) is 0 Å². The van der Waals surface area contributed by atoms with Crippen molar-refractivity contribution in [3.8, 4) is 11.1 Å². The van der Waals surface area contributed by atoms with Gasteiger partial charge in [-0.2, -0.15) is 0 Å². The van der Waals surface area contributed by atoms with Crippen LogP contribution in [0.5, 0.6) is 0 Å². The lowest BCUT2D eigenvalue weighted by atomic mass is 10.00. The number of imidazole rings is 2. The number of H-pyrrole nitrogens is 2. The van der Waals surface area contributed by atoms with Gasteiger partial charge in [0.15, 0.2) is 56.9 Å². The van der Waals surface area contributed by atoms with Crippen LogP contribution in [0.25, 0.3) is 33.2 Å². The Morgan fingerprint density at radius 3 is 1.27 bits per heavy atom. The van der Waals surface area contributed by atoms with Crippen LogP contribution in [-0.4, -0.2) is 43.3 Å². The molecule has 0 spiro atoms. The predicted molar refractivity (Wildman–Crippen MR) is 179 cm³/mol. The lowest BCUT2D eigenvalue weighted by molar-refractivity contribution is -0.118. The smallest absolute Gasteiger partial charge is 0.248 e. The Bertz CT molecular complexity index is 2190. The van der Waals surface area contributed by atoms with E-state index in [9.17, 15) is 27.2 Å². The first-order valence-corrected chi connectivity index (χ1v) is 16.8. The standard InChI is InChI=1S/C30H16Cl2F8N8O2S2/c31-9-1-3-11-13(5-9)43-29(41-11)51-7-15(49)45-47-27-23(37)19(33)17(20(34)24(27)38)18-21(35)25(39)28(26(40)22(18)36)48-46-16(50)8-52-30-42-12-4-2-10(32)6-14(12)44-30/h1-6,47-48H,7-8H2,(H,41,43)(H,42,44)(H,45,49)(H,46,50). The fraction of sp³-hybridized carbons (Fsp3) is 0.0667. The molecule has 2 heterocycles. The molecule has 0 radical (unpaired) electrons. The second-order valence-electron chi connectivity index (χ2n) is 10.3. The highest BCUT2D eigenvalue weighted by atomic mass is 35.5. The number of nitrogens with one attached hydrogen (secondary N) is 6. The van der Waals surface area contributed by atoms with Gasteiger partial charge in [0.05, 0.1) is 44.7 Å². The molecule has 0 unspecified atom stereocenters. The van der Waals surface area contributed by atoms with Crippen LogP contribution in [0.4, 0.5) is 46.5 Å². The van der Waals surface area contributed by atoms with Crippen molar-refractivity contribution >= 4 is 92.0 Å². The summed E-state index contributed by atoms with van der Waals surface area (Å²) in [5, 5.41) is 1.34. The first-order chi connectivity index (χ1) is 24.7. The molecular formula is C30H16Cl2F8N8O2S2. The Kier molecular flexibility index (Phi) is 10.6. The third-order valence-electron chi connectivity index (χ3n) is 6.95. The molecule has 0 saturated heterocycles. The van der Waals surface area contributed by atoms with Gasteiger partial charge < -0.3 is 9.97 Å². The van der Waals surface area contributed by atoms with Crippen LogP contribution in [0.1, 0.15) is 0 Å². The monoisotopic (exact) mass is 806 g/mol. The van der Waals surface area contributed by atoms with Crippen LogP contribution in [0.2, 0.25) is 10.0 Å². The summed E-state index contributed by atoms with van der Waals surface area (Å²) in [6.45, 7) is 0. The molecule has 0 bridgehead atoms. The van der Waals surface area contributed by atoms with Crippen LogP contribution in [0.3, 0.4) is 0 Å². The largest absolute Gasteiger partial charge is 0.333 e. The second kappa shape index (κ2) is 15.0. The first kappa shape index (κ1) is 36.9. The summed E-state index contributed by atoms with van der Waals surface area (Å²) < 4.78 is 120. The number of carbonyl (C=O) groups is 2. The highest BCUT2D eigenvalue weighted by Crippen LogP contribution is 2.40. The lowest BCUT2D eigenvalue weighted by Crippen LogP contribution is -2.32. The summed E-state index contributed by atoms with van der Waals surface area (Å²) in [5.74, 6) is -21.9. The molecule has 4 aromatic carbocycles. The minimum atomic E-state index is -2.47. The van der Waals surface area contributed by atoms with Crippen molar-refractivity contribution in [1.82, 2.24) is 30.8 Å². The highest BCUT2D eigenvalue weighted by molar-refractivity contribution is 8.00. The number of halogens is 10. The van der Waals surface area contributed by atoms with Crippen molar-refractivity contribution in [2.75, 3.05) is 22.4 Å². The van der Waals surface area contributed by atoms with Crippen LogP contribution in [0.15, 0.2) is 46.7 Å². The zero-order valence-corrected chi connectivity index (χ0v) is 28.3. The molecule has 0 saturated carbocycles. The van der Waals surface area contributed by atoms with Gasteiger partial charge in [0.1, 0.15) is 11.4 Å². The number of hydrogen-bond donors (Lipinski definition) is 6. The third kappa shape index (κ3) is 7.36. The number of anilines is 2. The highest BCUT2D eigenvalue weighted by Gasteiger charge is 2.34. The van der Waals surface area contributed by atoms with Crippen molar-refractivity contribution < 1.29 is 44.7 Å². The quantitative estimate of drug-likeness (QED) is 0.0335. The molecule has 0 aliphatic carbocycles. The number of amides is 2. The number of aromatic amines is 2. The van der Waals surface area contributed by atoms with Crippen LogP contribution in [0, 0.1) is 46.5 Å². The molecule has 6 aromatic rings. The fourth-order valence-electron chi connectivity index (χ4n) is 4.58. The van der Waals surface area contributed by atoms with E-state index < -0.39 is 92.4 Å². The van der Waals surface area contributed by atoms with E-state index in [1.165, 1.54) is 0 Å². The molecule has 0 atom stereocenters. The minimum absolute atomic E-state index is 0.252. The predicted octanol–water partition coefficient (Wildman–Crippen LogP) is 8.00. The maximum atomic E-state index is 15.1. The van der Waals surface area contributed by atoms with E-state index in [1.54, 1.807) is 58.1 Å². The molecular weight excluding hydrogens is 791 g/mol. The van der Waals surface area contributed by atoms with Crippen molar-refractivity contribution in [3.63, 3.8) is 0 Å². The van der Waals surface area contributed by atoms with Gasteiger partial charge in [-0.1, -0.05) is 46.7 Å². The average Bonchev–Trinajstić information content (AvgIpc) is 3.72. The van der Waals surface area contributed by atoms with E-state index in [0.29, 0.717) is 32.1 Å². The van der Waals surface area contributed by atoms with E-state index in [2.05, 4.69) is 19.9 Å². The van der Waals surface area contributed by atoms with Crippen LogP contribution < -0.4 is 21.7 Å². The van der Waals surface area contributed by atoms with E-state index in [0.717, 1.165) is 23.5 Å². The van der Waals surface area contributed by atoms with Gasteiger partial charge in [0.2, 0.25) is 11.8 Å². The lowest BCUT2D eigenvalue weighted by Gasteiger charge is -2.17. The molecule has 0 aliphatic rings. The molecule has 270 valence electrons. The summed E-state index contributed by atoms with van der Waals surface area (Å²) in [7, 11) is 0. The summed E-state index contributed by atoms with van der Waals surface area (Å²) in [6, 6.07) is 9.52. The number of fused-ring (bicyclic) bond motifs is 2. The Morgan fingerprint density at radius 2 is 0.923 bits per heavy atom. The zero-order chi connectivity index (χ0) is 37.4. The fourth-order valence-corrected chi connectivity index (χ4v) is 6.29. The number of hydrazine groups is 2. The number of nitrogens with zero attached hydrogens (tertiary/aromatic N) is 2. The number of hydrogen-bond acceptors (Lipinski definition) is 8. The van der Waals surface area contributed by atoms with E-state index >= 15 is 17.6 Å². The topological polar surface area (TPSA) is 140 Å². The molecule has 0 fully saturated rings. The summed E-state index contributed by atoms with van der Waals surface area (Å²) in [4.78, 5) is 38.7. The van der Waals surface area contributed by atoms with Crippen molar-refractivity contribution in [2.45, 2.75) is 10.3 Å². The van der Waals surface area contributed by atoms with Crippen molar-refractivity contribution in [3.05, 3.63) is 93.0 Å².